The van der Waals surface area contributed by atoms with Crippen LogP contribution in [0.1, 0.15) is 28.5 Å². The van der Waals surface area contributed by atoms with Gasteiger partial charge in [-0.05, 0) is 30.5 Å². The van der Waals surface area contributed by atoms with E-state index in [0.29, 0.717) is 24.9 Å². The van der Waals surface area contributed by atoms with Crippen LogP contribution >= 0.6 is 0 Å². The number of carbonyl (C=O) groups excluding carboxylic acids is 2. The van der Waals surface area contributed by atoms with Crippen molar-refractivity contribution in [2.24, 2.45) is 11.8 Å². The Bertz CT molecular complexity index is 1090. The number of aryl methyl sites for hydroxylation is 3. The standard InChI is InChI=1S/C23H26N4O4/c1-13-5-6-16(9-14(13)2)10-27-12-23-8-7-17(31-23)19(20(23)22(27)29)21(28)26(4)11-18-25-24-15(3)30-18/h5-9,17,19-20H,10-12H2,1-4H3/t17-,19?,20?,23-/m0/s1. The summed E-state index contributed by atoms with van der Waals surface area (Å²) in [4.78, 5) is 30.1. The lowest BCUT2D eigenvalue weighted by atomic mass is 9.76. The molecular weight excluding hydrogens is 396 g/mol. The maximum atomic E-state index is 13.4. The van der Waals surface area contributed by atoms with Gasteiger partial charge in [0.15, 0.2) is 0 Å². The number of carbonyl (C=O) groups is 2. The monoisotopic (exact) mass is 422 g/mol. The Morgan fingerprint density at radius 2 is 2.06 bits per heavy atom. The highest BCUT2D eigenvalue weighted by Crippen LogP contribution is 2.52. The van der Waals surface area contributed by atoms with Gasteiger partial charge in [0.05, 0.1) is 31.0 Å². The third-order valence-electron chi connectivity index (χ3n) is 6.73. The first kappa shape index (κ1) is 19.9. The molecule has 2 bridgehead atoms. The maximum Gasteiger partial charge on any atom is 0.235 e. The van der Waals surface area contributed by atoms with Crippen LogP contribution in [0.3, 0.4) is 0 Å². The summed E-state index contributed by atoms with van der Waals surface area (Å²) in [5.41, 5.74) is 2.79. The van der Waals surface area contributed by atoms with E-state index in [1.807, 2.05) is 17.1 Å². The van der Waals surface area contributed by atoms with Crippen molar-refractivity contribution in [1.82, 2.24) is 20.0 Å². The molecule has 0 N–H and O–H groups in total. The molecule has 8 nitrogen and oxygen atoms in total. The normalized spacial score (nSPS) is 28.5. The van der Waals surface area contributed by atoms with E-state index in [0.717, 1.165) is 5.56 Å². The molecule has 2 unspecified atom stereocenters. The summed E-state index contributed by atoms with van der Waals surface area (Å²) in [5, 5.41) is 7.77. The van der Waals surface area contributed by atoms with Gasteiger partial charge < -0.3 is 19.0 Å². The van der Waals surface area contributed by atoms with Crippen LogP contribution < -0.4 is 0 Å². The largest absolute Gasteiger partial charge is 0.424 e. The number of fused-ring (bicyclic) bond motifs is 1. The number of hydrogen-bond acceptors (Lipinski definition) is 6. The Morgan fingerprint density at radius 3 is 2.77 bits per heavy atom. The highest BCUT2D eigenvalue weighted by Gasteiger charge is 2.67. The molecule has 0 saturated carbocycles. The third-order valence-corrected chi connectivity index (χ3v) is 6.73. The molecule has 2 saturated heterocycles. The van der Waals surface area contributed by atoms with E-state index < -0.39 is 17.4 Å². The van der Waals surface area contributed by atoms with E-state index in [4.69, 9.17) is 9.15 Å². The molecule has 1 aromatic heterocycles. The zero-order chi connectivity index (χ0) is 21.9. The van der Waals surface area contributed by atoms with Crippen LogP contribution in [0.5, 0.6) is 0 Å². The number of amides is 2. The Hall–Kier alpha value is -3.00. The number of benzene rings is 1. The second-order valence-corrected chi connectivity index (χ2v) is 8.92. The van der Waals surface area contributed by atoms with Crippen LogP contribution in [-0.2, 0) is 27.4 Å². The van der Waals surface area contributed by atoms with Crippen molar-refractivity contribution in [2.45, 2.75) is 45.6 Å². The molecule has 0 radical (unpaired) electrons. The number of hydrogen-bond donors (Lipinski definition) is 0. The van der Waals surface area contributed by atoms with Gasteiger partial charge in [-0.1, -0.05) is 30.4 Å². The highest BCUT2D eigenvalue weighted by molar-refractivity contribution is 5.93. The number of likely N-dealkylation sites (tertiary alicyclic amines) is 1. The van der Waals surface area contributed by atoms with E-state index in [1.165, 1.54) is 11.1 Å². The molecule has 5 rings (SSSR count). The van der Waals surface area contributed by atoms with Gasteiger partial charge in [-0.3, -0.25) is 9.59 Å². The molecule has 1 aromatic carbocycles. The minimum Gasteiger partial charge on any atom is -0.424 e. The van der Waals surface area contributed by atoms with Crippen molar-refractivity contribution in [3.8, 4) is 0 Å². The average molecular weight is 422 g/mol. The molecule has 1 spiro atoms. The molecule has 8 heteroatoms. The van der Waals surface area contributed by atoms with Crippen molar-refractivity contribution in [3.63, 3.8) is 0 Å². The van der Waals surface area contributed by atoms with Gasteiger partial charge >= 0.3 is 0 Å². The first-order chi connectivity index (χ1) is 14.8. The molecule has 4 heterocycles. The third kappa shape index (κ3) is 3.17. The second kappa shape index (κ2) is 7.02. The quantitative estimate of drug-likeness (QED) is 0.684. The van der Waals surface area contributed by atoms with E-state index in [9.17, 15) is 9.59 Å². The van der Waals surface area contributed by atoms with Crippen molar-refractivity contribution < 1.29 is 18.7 Å². The minimum absolute atomic E-state index is 0.0227. The molecule has 2 aromatic rings. The Kier molecular flexibility index (Phi) is 4.51. The summed E-state index contributed by atoms with van der Waals surface area (Å²) in [6.07, 6.45) is 3.53. The van der Waals surface area contributed by atoms with Crippen LogP contribution in [0.4, 0.5) is 0 Å². The molecule has 3 aliphatic heterocycles. The van der Waals surface area contributed by atoms with Crippen LogP contribution in [0.2, 0.25) is 0 Å². The first-order valence-corrected chi connectivity index (χ1v) is 10.5. The zero-order valence-electron chi connectivity index (χ0n) is 18.2. The Labute approximate surface area is 180 Å². The van der Waals surface area contributed by atoms with Crippen molar-refractivity contribution in [1.29, 1.82) is 0 Å². The van der Waals surface area contributed by atoms with E-state index >= 15 is 0 Å². The lowest BCUT2D eigenvalue weighted by Crippen LogP contribution is -2.44. The second-order valence-electron chi connectivity index (χ2n) is 8.92. The molecule has 4 atom stereocenters. The van der Waals surface area contributed by atoms with Crippen LogP contribution in [0, 0.1) is 32.6 Å². The molecule has 2 fully saturated rings. The number of ether oxygens (including phenoxy) is 1. The highest BCUT2D eigenvalue weighted by atomic mass is 16.5. The summed E-state index contributed by atoms with van der Waals surface area (Å²) >= 11 is 0. The maximum absolute atomic E-state index is 13.4. The zero-order valence-corrected chi connectivity index (χ0v) is 18.2. The minimum atomic E-state index is -0.719. The predicted molar refractivity (Wildman–Crippen MR) is 111 cm³/mol. The van der Waals surface area contributed by atoms with E-state index in [1.54, 1.807) is 18.9 Å². The topological polar surface area (TPSA) is 88.8 Å². The van der Waals surface area contributed by atoms with Crippen molar-refractivity contribution in [2.75, 3.05) is 13.6 Å². The predicted octanol–water partition coefficient (Wildman–Crippen LogP) is 1.94. The fourth-order valence-corrected chi connectivity index (χ4v) is 5.05. The van der Waals surface area contributed by atoms with Gasteiger partial charge in [0.25, 0.3) is 0 Å². The molecule has 2 amide bonds. The van der Waals surface area contributed by atoms with Crippen molar-refractivity contribution >= 4 is 11.8 Å². The summed E-state index contributed by atoms with van der Waals surface area (Å²) in [6, 6.07) is 6.25. The van der Waals surface area contributed by atoms with Gasteiger partial charge in [-0.15, -0.1) is 10.2 Å². The summed E-state index contributed by atoms with van der Waals surface area (Å²) < 4.78 is 11.6. The fraction of sp³-hybridized carbons (Fsp3) is 0.478. The number of aromatic nitrogens is 2. The van der Waals surface area contributed by atoms with E-state index in [2.05, 4.69) is 42.2 Å². The summed E-state index contributed by atoms with van der Waals surface area (Å²) in [5.74, 6) is -0.389. The van der Waals surface area contributed by atoms with Gasteiger partial charge in [0, 0.05) is 20.5 Å². The van der Waals surface area contributed by atoms with Crippen LogP contribution in [-0.4, -0.2) is 57.1 Å². The molecular formula is C23H26N4O4. The summed E-state index contributed by atoms with van der Waals surface area (Å²) in [6.45, 7) is 7.03. The smallest absolute Gasteiger partial charge is 0.235 e. The van der Waals surface area contributed by atoms with Crippen LogP contribution in [0.25, 0.3) is 0 Å². The first-order valence-electron chi connectivity index (χ1n) is 10.5. The molecule has 162 valence electrons. The fourth-order valence-electron chi connectivity index (χ4n) is 5.05. The van der Waals surface area contributed by atoms with Gasteiger partial charge in [0.1, 0.15) is 5.60 Å². The molecule has 3 aliphatic rings. The van der Waals surface area contributed by atoms with Crippen LogP contribution in [0.15, 0.2) is 34.8 Å². The number of rotatable bonds is 5. The lowest BCUT2D eigenvalue weighted by molar-refractivity contribution is -0.143. The number of nitrogens with zero attached hydrogens (tertiary/aromatic N) is 4. The van der Waals surface area contributed by atoms with Crippen molar-refractivity contribution in [3.05, 3.63) is 58.8 Å². The lowest BCUT2D eigenvalue weighted by Gasteiger charge is -2.27. The van der Waals surface area contributed by atoms with Gasteiger partial charge in [-0.25, -0.2) is 0 Å². The Balaban J connectivity index is 1.35. The Morgan fingerprint density at radius 1 is 1.26 bits per heavy atom. The van der Waals surface area contributed by atoms with Gasteiger partial charge in [0.2, 0.25) is 23.6 Å². The average Bonchev–Trinajstić information content (AvgIpc) is 3.46. The molecule has 31 heavy (non-hydrogen) atoms. The SMILES string of the molecule is Cc1nnc(CN(C)C(=O)C2C3C(=O)N(Cc4ccc(C)c(C)c4)C[C@@]34C=C[C@@H]2O4)o1. The van der Waals surface area contributed by atoms with Gasteiger partial charge in [-0.2, -0.15) is 0 Å². The summed E-state index contributed by atoms with van der Waals surface area (Å²) in [7, 11) is 1.69. The molecule has 0 aliphatic carbocycles. The van der Waals surface area contributed by atoms with E-state index in [-0.39, 0.29) is 24.5 Å².